The normalized spacial score (nSPS) is 26.6. The summed E-state index contributed by atoms with van der Waals surface area (Å²) in [5.74, 6) is 0.524. The summed E-state index contributed by atoms with van der Waals surface area (Å²) in [5.41, 5.74) is 5.64. The maximum atomic E-state index is 7.31. The molecule has 0 spiro atoms. The molecular formula is C6H13N3O. The summed E-state index contributed by atoms with van der Waals surface area (Å²) >= 11 is 0. The highest BCUT2D eigenvalue weighted by Gasteiger charge is 2.18. The molecule has 1 saturated heterocycles. The first kappa shape index (κ1) is 7.50. The van der Waals surface area contributed by atoms with Crippen LogP contribution in [0.25, 0.3) is 0 Å². The molecule has 0 amide bonds. The fraction of sp³-hybridized carbons (Fsp3) is 0.833. The molecule has 0 saturated carbocycles. The lowest BCUT2D eigenvalue weighted by Crippen LogP contribution is -2.52. The Morgan fingerprint density at radius 3 is 2.90 bits per heavy atom. The summed E-state index contributed by atoms with van der Waals surface area (Å²) in [6.07, 6.45) is -0.119. The quantitative estimate of drug-likeness (QED) is 0.358. The van der Waals surface area contributed by atoms with Gasteiger partial charge in [0.2, 0.25) is 0 Å². The number of rotatable bonds is 0. The van der Waals surface area contributed by atoms with Gasteiger partial charge in [0.15, 0.2) is 0 Å². The Balaban J connectivity index is 2.47. The molecule has 4 nitrogen and oxygen atoms in total. The van der Waals surface area contributed by atoms with Gasteiger partial charge in [0, 0.05) is 6.54 Å². The molecule has 1 heterocycles. The van der Waals surface area contributed by atoms with Crippen LogP contribution >= 0.6 is 0 Å². The summed E-state index contributed by atoms with van der Waals surface area (Å²) in [6.45, 7) is 3.71. The van der Waals surface area contributed by atoms with Crippen LogP contribution in [-0.2, 0) is 4.74 Å². The van der Waals surface area contributed by atoms with Crippen LogP contribution in [0.5, 0.6) is 0 Å². The third-order valence-corrected chi connectivity index (χ3v) is 1.60. The first-order valence-electron chi connectivity index (χ1n) is 3.37. The van der Waals surface area contributed by atoms with Crippen LogP contribution < -0.4 is 5.73 Å². The minimum atomic E-state index is -0.119. The van der Waals surface area contributed by atoms with E-state index in [9.17, 15) is 0 Å². The summed E-state index contributed by atoms with van der Waals surface area (Å²) in [6, 6.07) is 0. The minimum absolute atomic E-state index is 0.119. The van der Waals surface area contributed by atoms with E-state index in [-0.39, 0.29) is 6.17 Å². The van der Waals surface area contributed by atoms with E-state index in [4.69, 9.17) is 15.9 Å². The van der Waals surface area contributed by atoms with Crippen LogP contribution in [0.3, 0.4) is 0 Å². The van der Waals surface area contributed by atoms with Crippen molar-refractivity contribution in [3.63, 3.8) is 0 Å². The van der Waals surface area contributed by atoms with Crippen molar-refractivity contribution < 1.29 is 4.74 Å². The predicted octanol–water partition coefficient (Wildman–Crippen LogP) is -0.399. The summed E-state index contributed by atoms with van der Waals surface area (Å²) < 4.78 is 5.10. The molecule has 0 radical (unpaired) electrons. The van der Waals surface area contributed by atoms with Gasteiger partial charge in [0.25, 0.3) is 0 Å². The molecule has 0 bridgehead atoms. The molecule has 0 aromatic carbocycles. The number of morpholine rings is 1. The second kappa shape index (κ2) is 2.98. The maximum absolute atomic E-state index is 7.31. The average molecular weight is 143 g/mol. The van der Waals surface area contributed by atoms with E-state index >= 15 is 0 Å². The Bertz CT molecular complexity index is 137. The molecule has 1 atom stereocenters. The zero-order chi connectivity index (χ0) is 7.56. The number of ether oxygens (including phenoxy) is 1. The number of nitrogens with two attached hydrogens (primary N) is 1. The standard InChI is InChI=1S/C6H13N3O/c1-5(7)9-2-3-10-4-6(9)8/h6-7H,2-4,8H2,1H3. The SMILES string of the molecule is CC(=N)N1CCOCC1N. The third-order valence-electron chi connectivity index (χ3n) is 1.60. The van der Waals surface area contributed by atoms with Crippen molar-refractivity contribution in [1.82, 2.24) is 4.90 Å². The molecule has 0 aromatic heterocycles. The first-order valence-corrected chi connectivity index (χ1v) is 3.37. The molecule has 4 heteroatoms. The smallest absolute Gasteiger partial charge is 0.102 e. The summed E-state index contributed by atoms with van der Waals surface area (Å²) in [4.78, 5) is 1.84. The van der Waals surface area contributed by atoms with Crippen molar-refractivity contribution in [3.05, 3.63) is 0 Å². The van der Waals surface area contributed by atoms with Gasteiger partial charge in [-0.1, -0.05) is 0 Å². The Labute approximate surface area is 60.5 Å². The van der Waals surface area contributed by atoms with Crippen LogP contribution in [-0.4, -0.2) is 36.7 Å². The van der Waals surface area contributed by atoms with Crippen LogP contribution in [0.15, 0.2) is 0 Å². The average Bonchev–Trinajstić information content (AvgIpc) is 1.88. The lowest BCUT2D eigenvalue weighted by molar-refractivity contribution is 0.0282. The van der Waals surface area contributed by atoms with E-state index in [2.05, 4.69) is 0 Å². The van der Waals surface area contributed by atoms with E-state index in [1.165, 1.54) is 0 Å². The van der Waals surface area contributed by atoms with Gasteiger partial charge < -0.3 is 15.4 Å². The lowest BCUT2D eigenvalue weighted by atomic mass is 10.3. The Morgan fingerprint density at radius 1 is 1.80 bits per heavy atom. The van der Waals surface area contributed by atoms with Crippen LogP contribution in [0.4, 0.5) is 0 Å². The van der Waals surface area contributed by atoms with Crippen LogP contribution in [0.1, 0.15) is 6.92 Å². The van der Waals surface area contributed by atoms with Crippen molar-refractivity contribution in [3.8, 4) is 0 Å². The minimum Gasteiger partial charge on any atom is -0.376 e. The van der Waals surface area contributed by atoms with Gasteiger partial charge in [0.1, 0.15) is 6.17 Å². The van der Waals surface area contributed by atoms with E-state index in [0.717, 1.165) is 6.54 Å². The van der Waals surface area contributed by atoms with Crippen molar-refractivity contribution in [2.24, 2.45) is 5.73 Å². The molecule has 1 fully saturated rings. The number of nitrogens with zero attached hydrogens (tertiary/aromatic N) is 1. The van der Waals surface area contributed by atoms with Crippen molar-refractivity contribution in [1.29, 1.82) is 5.41 Å². The molecule has 0 aromatic rings. The molecule has 10 heavy (non-hydrogen) atoms. The van der Waals surface area contributed by atoms with Gasteiger partial charge in [-0.05, 0) is 6.92 Å². The molecule has 58 valence electrons. The van der Waals surface area contributed by atoms with Crippen molar-refractivity contribution >= 4 is 5.84 Å². The molecule has 1 aliphatic heterocycles. The number of nitrogens with one attached hydrogen (secondary N) is 1. The van der Waals surface area contributed by atoms with Crippen molar-refractivity contribution in [2.75, 3.05) is 19.8 Å². The lowest BCUT2D eigenvalue weighted by Gasteiger charge is -2.33. The van der Waals surface area contributed by atoms with E-state index < -0.39 is 0 Å². The van der Waals surface area contributed by atoms with Gasteiger partial charge >= 0.3 is 0 Å². The molecular weight excluding hydrogens is 130 g/mol. The van der Waals surface area contributed by atoms with Gasteiger partial charge in [-0.3, -0.25) is 5.41 Å². The molecule has 1 rings (SSSR count). The van der Waals surface area contributed by atoms with Gasteiger partial charge in [-0.2, -0.15) is 0 Å². The van der Waals surface area contributed by atoms with E-state index in [1.54, 1.807) is 6.92 Å². The van der Waals surface area contributed by atoms with Crippen LogP contribution in [0, 0.1) is 5.41 Å². The zero-order valence-electron chi connectivity index (χ0n) is 6.13. The highest BCUT2D eigenvalue weighted by Crippen LogP contribution is 2.01. The molecule has 1 unspecified atom stereocenters. The Hall–Kier alpha value is -0.610. The first-order chi connectivity index (χ1) is 4.72. The Kier molecular flexibility index (Phi) is 2.24. The number of hydrogen-bond donors (Lipinski definition) is 2. The monoisotopic (exact) mass is 143 g/mol. The van der Waals surface area contributed by atoms with Crippen LogP contribution in [0.2, 0.25) is 0 Å². The molecule has 0 aliphatic carbocycles. The second-order valence-corrected chi connectivity index (χ2v) is 2.42. The molecule has 1 aliphatic rings. The van der Waals surface area contributed by atoms with Gasteiger partial charge in [-0.25, -0.2) is 0 Å². The largest absolute Gasteiger partial charge is 0.376 e. The highest BCUT2D eigenvalue weighted by atomic mass is 16.5. The second-order valence-electron chi connectivity index (χ2n) is 2.42. The fourth-order valence-electron chi connectivity index (χ4n) is 1.04. The summed E-state index contributed by atoms with van der Waals surface area (Å²) in [5, 5.41) is 7.31. The highest BCUT2D eigenvalue weighted by molar-refractivity contribution is 5.76. The van der Waals surface area contributed by atoms with Gasteiger partial charge in [0.05, 0.1) is 19.0 Å². The maximum Gasteiger partial charge on any atom is 0.102 e. The Morgan fingerprint density at radius 2 is 2.50 bits per heavy atom. The van der Waals surface area contributed by atoms with Crippen molar-refractivity contribution in [2.45, 2.75) is 13.1 Å². The zero-order valence-corrected chi connectivity index (χ0v) is 6.13. The third kappa shape index (κ3) is 1.46. The number of hydrogen-bond acceptors (Lipinski definition) is 3. The van der Waals surface area contributed by atoms with Gasteiger partial charge in [-0.15, -0.1) is 0 Å². The predicted molar refractivity (Wildman–Crippen MR) is 38.9 cm³/mol. The number of amidine groups is 1. The van der Waals surface area contributed by atoms with E-state index in [0.29, 0.717) is 19.0 Å². The fourth-order valence-corrected chi connectivity index (χ4v) is 1.04. The summed E-state index contributed by atoms with van der Waals surface area (Å²) in [7, 11) is 0. The topological polar surface area (TPSA) is 62.3 Å². The molecule has 3 N–H and O–H groups in total. The van der Waals surface area contributed by atoms with E-state index in [1.807, 2.05) is 4.90 Å².